The molecule has 0 heterocycles. The molecule has 0 radical (unpaired) electrons. The van der Waals surface area contributed by atoms with Crippen molar-refractivity contribution in [3.8, 4) is 0 Å². The van der Waals surface area contributed by atoms with E-state index in [4.69, 9.17) is 5.73 Å². The second-order valence-corrected chi connectivity index (χ2v) is 5.71. The van der Waals surface area contributed by atoms with E-state index in [1.54, 1.807) is 0 Å². The fourth-order valence-electron chi connectivity index (χ4n) is 2.29. The fraction of sp³-hybridized carbons (Fsp3) is 0.462. The third-order valence-electron chi connectivity index (χ3n) is 3.31. The van der Waals surface area contributed by atoms with Gasteiger partial charge in [0.05, 0.1) is 5.56 Å². The van der Waals surface area contributed by atoms with Crippen LogP contribution in [0.1, 0.15) is 29.6 Å². The van der Waals surface area contributed by atoms with Gasteiger partial charge in [-0.2, -0.15) is 11.8 Å². The standard InChI is InChI=1S/C13H17FN2OS/c1-18-10-4-3-9(7-10)16-13(17)11-5-2-8(14)6-12(11)15/h2,5-6,9-10H,3-4,7,15H2,1H3,(H,16,17). The second-order valence-electron chi connectivity index (χ2n) is 4.57. The number of anilines is 1. The summed E-state index contributed by atoms with van der Waals surface area (Å²) in [6.07, 6.45) is 5.21. The molecule has 0 aromatic heterocycles. The minimum Gasteiger partial charge on any atom is -0.398 e. The molecule has 1 aliphatic carbocycles. The molecule has 18 heavy (non-hydrogen) atoms. The molecule has 1 aromatic rings. The summed E-state index contributed by atoms with van der Waals surface area (Å²) >= 11 is 1.84. The van der Waals surface area contributed by atoms with E-state index in [1.165, 1.54) is 18.2 Å². The van der Waals surface area contributed by atoms with Gasteiger partial charge < -0.3 is 11.1 Å². The smallest absolute Gasteiger partial charge is 0.253 e. The van der Waals surface area contributed by atoms with Crippen molar-refractivity contribution in [1.82, 2.24) is 5.32 Å². The van der Waals surface area contributed by atoms with Gasteiger partial charge in [-0.1, -0.05) is 0 Å². The molecule has 1 fully saturated rings. The number of nitrogen functional groups attached to an aromatic ring is 1. The van der Waals surface area contributed by atoms with Crippen LogP contribution in [-0.4, -0.2) is 23.5 Å². The lowest BCUT2D eigenvalue weighted by Crippen LogP contribution is -2.33. The van der Waals surface area contributed by atoms with Gasteiger partial charge in [0.15, 0.2) is 0 Å². The summed E-state index contributed by atoms with van der Waals surface area (Å²) < 4.78 is 12.9. The Labute approximate surface area is 110 Å². The summed E-state index contributed by atoms with van der Waals surface area (Å²) in [7, 11) is 0. The minimum absolute atomic E-state index is 0.187. The molecule has 98 valence electrons. The van der Waals surface area contributed by atoms with Crippen molar-refractivity contribution in [2.45, 2.75) is 30.6 Å². The molecule has 0 aliphatic heterocycles. The molecule has 2 unspecified atom stereocenters. The van der Waals surface area contributed by atoms with Crippen LogP contribution in [0, 0.1) is 5.82 Å². The average Bonchev–Trinajstić information content (AvgIpc) is 2.76. The molecule has 0 bridgehead atoms. The molecular weight excluding hydrogens is 251 g/mol. The first-order chi connectivity index (χ1) is 8.60. The Morgan fingerprint density at radius 3 is 2.89 bits per heavy atom. The SMILES string of the molecule is CSC1CCC(NC(=O)c2ccc(F)cc2N)C1. The van der Waals surface area contributed by atoms with Gasteiger partial charge in [-0.15, -0.1) is 0 Å². The zero-order valence-electron chi connectivity index (χ0n) is 10.3. The molecule has 2 atom stereocenters. The predicted octanol–water partition coefficient (Wildman–Crippen LogP) is 2.42. The highest BCUT2D eigenvalue weighted by Crippen LogP contribution is 2.28. The molecular formula is C13H17FN2OS. The van der Waals surface area contributed by atoms with Crippen LogP contribution in [0.5, 0.6) is 0 Å². The van der Waals surface area contributed by atoms with E-state index >= 15 is 0 Å². The van der Waals surface area contributed by atoms with Crippen molar-refractivity contribution >= 4 is 23.4 Å². The normalized spacial score (nSPS) is 23.0. The van der Waals surface area contributed by atoms with Gasteiger partial charge in [-0.25, -0.2) is 4.39 Å². The average molecular weight is 268 g/mol. The predicted molar refractivity (Wildman–Crippen MR) is 73.2 cm³/mol. The lowest BCUT2D eigenvalue weighted by Gasteiger charge is -2.13. The Kier molecular flexibility index (Phi) is 4.11. The van der Waals surface area contributed by atoms with Crippen molar-refractivity contribution < 1.29 is 9.18 Å². The van der Waals surface area contributed by atoms with Crippen molar-refractivity contribution in [3.05, 3.63) is 29.6 Å². The Bertz CT molecular complexity index is 453. The van der Waals surface area contributed by atoms with E-state index in [1.807, 2.05) is 11.8 Å². The summed E-state index contributed by atoms with van der Waals surface area (Å²) in [5.41, 5.74) is 6.18. The quantitative estimate of drug-likeness (QED) is 0.828. The van der Waals surface area contributed by atoms with E-state index in [2.05, 4.69) is 11.6 Å². The molecule has 1 amide bonds. The van der Waals surface area contributed by atoms with Crippen LogP contribution >= 0.6 is 11.8 Å². The highest BCUT2D eigenvalue weighted by atomic mass is 32.2. The Balaban J connectivity index is 2.00. The maximum atomic E-state index is 12.9. The number of amides is 1. The van der Waals surface area contributed by atoms with Crippen LogP contribution in [0.2, 0.25) is 0 Å². The number of rotatable bonds is 3. The highest BCUT2D eigenvalue weighted by molar-refractivity contribution is 7.99. The molecule has 0 spiro atoms. The Hall–Kier alpha value is -1.23. The first-order valence-corrected chi connectivity index (χ1v) is 7.27. The summed E-state index contributed by atoms with van der Waals surface area (Å²) in [4.78, 5) is 12.0. The molecule has 1 aliphatic rings. The van der Waals surface area contributed by atoms with Crippen LogP contribution in [0.4, 0.5) is 10.1 Å². The van der Waals surface area contributed by atoms with Crippen LogP contribution in [0.15, 0.2) is 18.2 Å². The summed E-state index contributed by atoms with van der Waals surface area (Å²) in [6, 6.07) is 4.07. The maximum Gasteiger partial charge on any atom is 0.253 e. The molecule has 1 saturated carbocycles. The topological polar surface area (TPSA) is 55.1 Å². The number of thioether (sulfide) groups is 1. The third kappa shape index (κ3) is 2.96. The fourth-order valence-corrected chi connectivity index (χ4v) is 3.09. The molecule has 0 saturated heterocycles. The van der Waals surface area contributed by atoms with E-state index in [9.17, 15) is 9.18 Å². The number of halogens is 1. The largest absolute Gasteiger partial charge is 0.398 e. The monoisotopic (exact) mass is 268 g/mol. The maximum absolute atomic E-state index is 12.9. The lowest BCUT2D eigenvalue weighted by molar-refractivity contribution is 0.0939. The van der Waals surface area contributed by atoms with Crippen LogP contribution in [0.25, 0.3) is 0 Å². The number of hydrogen-bond acceptors (Lipinski definition) is 3. The summed E-state index contributed by atoms with van der Waals surface area (Å²) in [5, 5.41) is 3.59. The van der Waals surface area contributed by atoms with E-state index in [0.717, 1.165) is 19.3 Å². The number of nitrogens with two attached hydrogens (primary N) is 1. The number of benzene rings is 1. The highest BCUT2D eigenvalue weighted by Gasteiger charge is 2.25. The summed E-state index contributed by atoms with van der Waals surface area (Å²) in [6.45, 7) is 0. The van der Waals surface area contributed by atoms with Crippen LogP contribution in [0.3, 0.4) is 0 Å². The molecule has 3 nitrogen and oxygen atoms in total. The molecule has 3 N–H and O–H groups in total. The van der Waals surface area contributed by atoms with Gasteiger partial charge in [0.2, 0.25) is 0 Å². The number of carbonyl (C=O) groups excluding carboxylic acids is 1. The summed E-state index contributed by atoms with van der Waals surface area (Å²) in [5.74, 6) is -0.633. The van der Waals surface area contributed by atoms with Gasteiger partial charge in [-0.05, 0) is 43.7 Å². The molecule has 1 aromatic carbocycles. The van der Waals surface area contributed by atoms with Crippen molar-refractivity contribution in [1.29, 1.82) is 0 Å². The first kappa shape index (κ1) is 13.2. The van der Waals surface area contributed by atoms with Gasteiger partial charge in [0.1, 0.15) is 5.82 Å². The van der Waals surface area contributed by atoms with E-state index < -0.39 is 5.82 Å². The number of nitrogens with one attached hydrogen (secondary N) is 1. The van der Waals surface area contributed by atoms with Crippen molar-refractivity contribution in [2.24, 2.45) is 0 Å². The third-order valence-corrected chi connectivity index (χ3v) is 4.41. The first-order valence-electron chi connectivity index (χ1n) is 5.99. The van der Waals surface area contributed by atoms with Gasteiger partial charge in [-0.3, -0.25) is 4.79 Å². The lowest BCUT2D eigenvalue weighted by atomic mass is 10.1. The number of hydrogen-bond donors (Lipinski definition) is 2. The van der Waals surface area contributed by atoms with Crippen molar-refractivity contribution in [3.63, 3.8) is 0 Å². The molecule has 5 heteroatoms. The van der Waals surface area contributed by atoms with Gasteiger partial charge in [0.25, 0.3) is 5.91 Å². The van der Waals surface area contributed by atoms with Crippen LogP contribution in [-0.2, 0) is 0 Å². The zero-order chi connectivity index (χ0) is 13.1. The van der Waals surface area contributed by atoms with Gasteiger partial charge in [0, 0.05) is 17.0 Å². The Morgan fingerprint density at radius 1 is 1.50 bits per heavy atom. The number of carbonyl (C=O) groups is 1. The minimum atomic E-state index is -0.424. The zero-order valence-corrected chi connectivity index (χ0v) is 11.1. The Morgan fingerprint density at radius 2 is 2.28 bits per heavy atom. The van der Waals surface area contributed by atoms with Crippen molar-refractivity contribution in [2.75, 3.05) is 12.0 Å². The van der Waals surface area contributed by atoms with E-state index in [0.29, 0.717) is 10.8 Å². The van der Waals surface area contributed by atoms with Crippen LogP contribution < -0.4 is 11.1 Å². The second kappa shape index (κ2) is 5.61. The van der Waals surface area contributed by atoms with E-state index in [-0.39, 0.29) is 17.6 Å². The molecule has 2 rings (SSSR count). The van der Waals surface area contributed by atoms with Gasteiger partial charge >= 0.3 is 0 Å².